The molecule has 1 atom stereocenters. The van der Waals surface area contributed by atoms with Gasteiger partial charge in [0.25, 0.3) is 0 Å². The number of nitrogens with zero attached hydrogens (tertiary/aromatic N) is 5. The fraction of sp³-hybridized carbons (Fsp3) is 0.190. The third kappa shape index (κ3) is 2.94. The molecule has 6 heteroatoms. The number of para-hydroxylation sites is 1. The Morgan fingerprint density at radius 3 is 2.70 bits per heavy atom. The molecule has 0 amide bonds. The van der Waals surface area contributed by atoms with Gasteiger partial charge in [-0.05, 0) is 30.3 Å². The molecule has 3 aromatic heterocycles. The molecule has 1 N–H and O–H groups in total. The molecule has 0 bridgehead atoms. The number of benzene rings is 1. The SMILES string of the molecule is c1ccc(-n2nccc2[C@H]2c3nc[nH]c3CCN2Cc2ccccn2)cc1. The Morgan fingerprint density at radius 2 is 1.85 bits per heavy atom. The number of H-pyrrole nitrogens is 1. The van der Waals surface area contributed by atoms with Crippen molar-refractivity contribution in [3.05, 3.63) is 96.1 Å². The number of imidazole rings is 1. The molecule has 0 saturated heterocycles. The van der Waals surface area contributed by atoms with Crippen molar-refractivity contribution in [1.29, 1.82) is 0 Å². The summed E-state index contributed by atoms with van der Waals surface area (Å²) < 4.78 is 2.01. The summed E-state index contributed by atoms with van der Waals surface area (Å²) >= 11 is 0. The van der Waals surface area contributed by atoms with Gasteiger partial charge in [-0.1, -0.05) is 24.3 Å². The maximum absolute atomic E-state index is 4.66. The number of hydrogen-bond donors (Lipinski definition) is 1. The van der Waals surface area contributed by atoms with Gasteiger partial charge in [-0.25, -0.2) is 9.67 Å². The monoisotopic (exact) mass is 356 g/mol. The third-order valence-corrected chi connectivity index (χ3v) is 5.07. The van der Waals surface area contributed by atoms with Crippen LogP contribution < -0.4 is 0 Å². The zero-order valence-electron chi connectivity index (χ0n) is 14.9. The van der Waals surface area contributed by atoms with Crippen LogP contribution >= 0.6 is 0 Å². The largest absolute Gasteiger partial charge is 0.348 e. The van der Waals surface area contributed by atoms with Crippen LogP contribution in [0.15, 0.2) is 73.3 Å². The zero-order valence-corrected chi connectivity index (χ0v) is 14.9. The minimum Gasteiger partial charge on any atom is -0.348 e. The number of aromatic amines is 1. The van der Waals surface area contributed by atoms with Crippen LogP contribution in [-0.2, 0) is 13.0 Å². The Labute approximate surface area is 157 Å². The molecule has 0 spiro atoms. The summed E-state index contributed by atoms with van der Waals surface area (Å²) in [5, 5.41) is 4.60. The lowest BCUT2D eigenvalue weighted by molar-refractivity contribution is 0.192. The Bertz CT molecular complexity index is 1020. The van der Waals surface area contributed by atoms with Crippen molar-refractivity contribution in [1.82, 2.24) is 29.6 Å². The fourth-order valence-corrected chi connectivity index (χ4v) is 3.83. The van der Waals surface area contributed by atoms with Gasteiger partial charge in [0.1, 0.15) is 0 Å². The van der Waals surface area contributed by atoms with E-state index in [9.17, 15) is 0 Å². The topological polar surface area (TPSA) is 62.6 Å². The predicted octanol–water partition coefficient (Wildman–Crippen LogP) is 3.14. The van der Waals surface area contributed by atoms with E-state index >= 15 is 0 Å². The lowest BCUT2D eigenvalue weighted by atomic mass is 9.99. The van der Waals surface area contributed by atoms with Crippen molar-refractivity contribution >= 4 is 0 Å². The van der Waals surface area contributed by atoms with Crippen LogP contribution in [0, 0.1) is 0 Å². The molecule has 0 radical (unpaired) electrons. The van der Waals surface area contributed by atoms with Gasteiger partial charge in [-0.2, -0.15) is 5.10 Å². The van der Waals surface area contributed by atoms with Gasteiger partial charge >= 0.3 is 0 Å². The minimum absolute atomic E-state index is 0.0321. The molecule has 0 unspecified atom stereocenters. The molecule has 5 rings (SSSR count). The van der Waals surface area contributed by atoms with Gasteiger partial charge < -0.3 is 4.98 Å². The Hall–Kier alpha value is -3.25. The molecule has 1 aromatic carbocycles. The first-order chi connectivity index (χ1) is 13.4. The van der Waals surface area contributed by atoms with E-state index in [0.717, 1.165) is 42.3 Å². The van der Waals surface area contributed by atoms with E-state index in [1.165, 1.54) is 5.69 Å². The average molecular weight is 356 g/mol. The summed E-state index contributed by atoms with van der Waals surface area (Å²) in [6.45, 7) is 1.72. The van der Waals surface area contributed by atoms with Crippen LogP contribution in [0.25, 0.3) is 5.69 Å². The molecule has 0 aliphatic carbocycles. The second-order valence-electron chi connectivity index (χ2n) is 6.71. The first-order valence-corrected chi connectivity index (χ1v) is 9.15. The van der Waals surface area contributed by atoms with Gasteiger partial charge in [0.15, 0.2) is 0 Å². The van der Waals surface area contributed by atoms with Crippen molar-refractivity contribution in [3.8, 4) is 5.69 Å². The maximum Gasteiger partial charge on any atom is 0.0973 e. The number of aromatic nitrogens is 5. The van der Waals surface area contributed by atoms with Crippen LogP contribution in [0.3, 0.4) is 0 Å². The van der Waals surface area contributed by atoms with Crippen molar-refractivity contribution < 1.29 is 0 Å². The lowest BCUT2D eigenvalue weighted by Gasteiger charge is -2.34. The molecule has 1 aliphatic rings. The van der Waals surface area contributed by atoms with Crippen LogP contribution in [-0.4, -0.2) is 36.2 Å². The van der Waals surface area contributed by atoms with Crippen molar-refractivity contribution in [2.75, 3.05) is 6.54 Å². The summed E-state index contributed by atoms with van der Waals surface area (Å²) in [4.78, 5) is 14.9. The highest BCUT2D eigenvalue weighted by Crippen LogP contribution is 2.34. The third-order valence-electron chi connectivity index (χ3n) is 5.07. The van der Waals surface area contributed by atoms with Crippen LogP contribution in [0.2, 0.25) is 0 Å². The van der Waals surface area contributed by atoms with E-state index < -0.39 is 0 Å². The van der Waals surface area contributed by atoms with E-state index in [0.29, 0.717) is 0 Å². The van der Waals surface area contributed by atoms with E-state index in [2.05, 4.69) is 49.2 Å². The summed E-state index contributed by atoms with van der Waals surface area (Å²) in [6.07, 6.45) is 6.47. The molecule has 134 valence electrons. The number of nitrogens with one attached hydrogen (secondary N) is 1. The normalized spacial score (nSPS) is 17.0. The number of hydrogen-bond acceptors (Lipinski definition) is 4. The number of fused-ring (bicyclic) bond motifs is 1. The van der Waals surface area contributed by atoms with E-state index in [-0.39, 0.29) is 6.04 Å². The molecule has 1 aliphatic heterocycles. The van der Waals surface area contributed by atoms with Crippen LogP contribution in [0.4, 0.5) is 0 Å². The molecule has 0 saturated carbocycles. The van der Waals surface area contributed by atoms with Crippen molar-refractivity contribution in [2.45, 2.75) is 19.0 Å². The van der Waals surface area contributed by atoms with Gasteiger partial charge in [0.2, 0.25) is 0 Å². The molecule has 27 heavy (non-hydrogen) atoms. The second-order valence-corrected chi connectivity index (χ2v) is 6.71. The minimum atomic E-state index is 0.0321. The standard InChI is InChI=1S/C21H20N6/c1-2-7-17(8-3-1)27-19(9-12-25-27)21-20-18(23-15-24-20)10-13-26(21)14-16-6-4-5-11-22-16/h1-9,11-12,15,21H,10,13-14H2,(H,23,24)/t21-/m0/s1. The first kappa shape index (κ1) is 16.0. The Kier molecular flexibility index (Phi) is 4.03. The van der Waals surface area contributed by atoms with Gasteiger partial charge in [0.05, 0.1) is 35.1 Å². The number of pyridine rings is 1. The summed E-state index contributed by atoms with van der Waals surface area (Å²) in [5.41, 5.74) is 5.52. The van der Waals surface area contributed by atoms with E-state index in [1.807, 2.05) is 47.4 Å². The molecule has 0 fully saturated rings. The van der Waals surface area contributed by atoms with Gasteiger partial charge in [-0.15, -0.1) is 0 Å². The first-order valence-electron chi connectivity index (χ1n) is 9.15. The Morgan fingerprint density at radius 1 is 0.963 bits per heavy atom. The molecule has 4 aromatic rings. The van der Waals surface area contributed by atoms with E-state index in [4.69, 9.17) is 0 Å². The average Bonchev–Trinajstić information content (AvgIpc) is 3.39. The maximum atomic E-state index is 4.66. The van der Waals surface area contributed by atoms with Crippen molar-refractivity contribution in [2.24, 2.45) is 0 Å². The van der Waals surface area contributed by atoms with Crippen molar-refractivity contribution in [3.63, 3.8) is 0 Å². The summed E-state index contributed by atoms with van der Waals surface area (Å²) in [6, 6.07) is 18.4. The predicted molar refractivity (Wildman–Crippen MR) is 102 cm³/mol. The van der Waals surface area contributed by atoms with E-state index in [1.54, 1.807) is 6.33 Å². The quantitative estimate of drug-likeness (QED) is 0.610. The summed E-state index contributed by atoms with van der Waals surface area (Å²) in [7, 11) is 0. The van der Waals surface area contributed by atoms with Crippen LogP contribution in [0.1, 0.15) is 28.8 Å². The fourth-order valence-electron chi connectivity index (χ4n) is 3.83. The van der Waals surface area contributed by atoms with Gasteiger partial charge in [0, 0.05) is 37.6 Å². The molecule has 4 heterocycles. The highest BCUT2D eigenvalue weighted by atomic mass is 15.3. The smallest absolute Gasteiger partial charge is 0.0973 e. The van der Waals surface area contributed by atoms with Crippen LogP contribution in [0.5, 0.6) is 0 Å². The zero-order chi connectivity index (χ0) is 18.1. The second kappa shape index (κ2) is 6.81. The lowest BCUT2D eigenvalue weighted by Crippen LogP contribution is -2.37. The molecular weight excluding hydrogens is 336 g/mol. The highest BCUT2D eigenvalue weighted by molar-refractivity contribution is 5.37. The summed E-state index contributed by atoms with van der Waals surface area (Å²) in [5.74, 6) is 0. The highest BCUT2D eigenvalue weighted by Gasteiger charge is 2.33. The molecular formula is C21H20N6. The van der Waals surface area contributed by atoms with Gasteiger partial charge in [-0.3, -0.25) is 9.88 Å². The molecule has 6 nitrogen and oxygen atoms in total. The Balaban J connectivity index is 1.58. The number of rotatable bonds is 4.